The largest absolute Gasteiger partial charge is 0.394 e. The molecule has 1 fully saturated rings. The van der Waals surface area contributed by atoms with Gasteiger partial charge in [0.1, 0.15) is 11.2 Å². The molecule has 0 saturated heterocycles. The Morgan fingerprint density at radius 3 is 2.24 bits per heavy atom. The smallest absolute Gasteiger partial charge is 0.266 e. The number of anilines is 1. The first-order chi connectivity index (χ1) is 23.8. The Balaban J connectivity index is 1.56. The predicted octanol–water partition coefficient (Wildman–Crippen LogP) is 2.99. The Kier molecular flexibility index (Phi) is 11.8. The molecule has 0 heterocycles. The monoisotopic (exact) mass is 689 g/mol. The molecule has 0 aromatic heterocycles. The van der Waals surface area contributed by atoms with E-state index in [1.165, 1.54) is 6.92 Å². The number of Topliss-reactive ketones (excluding diaryl/α,β-unsaturated/α-hetero) is 2. The van der Waals surface area contributed by atoms with E-state index in [-0.39, 0.29) is 0 Å². The number of fused-ring (bicyclic) bond motifs is 2. The second-order valence-electron chi connectivity index (χ2n) is 14.4. The van der Waals surface area contributed by atoms with Gasteiger partial charge in [-0.1, -0.05) is 75.6 Å². The Morgan fingerprint density at radius 2 is 1.58 bits per heavy atom. The summed E-state index contributed by atoms with van der Waals surface area (Å²) in [6.07, 6.45) is -0.0747. The van der Waals surface area contributed by atoms with Crippen LogP contribution >= 0.6 is 0 Å². The molecule has 5 rings (SSSR count). The maximum Gasteiger partial charge on any atom is 0.266 e. The topological polar surface area (TPSA) is 197 Å². The van der Waals surface area contributed by atoms with Crippen LogP contribution in [-0.4, -0.2) is 74.9 Å². The van der Waals surface area contributed by atoms with Crippen LogP contribution in [0.3, 0.4) is 0 Å². The molecule has 11 nitrogen and oxygen atoms in total. The van der Waals surface area contributed by atoms with E-state index in [0.29, 0.717) is 37.1 Å². The van der Waals surface area contributed by atoms with E-state index < -0.39 is 77.6 Å². The number of aliphatic hydroxyl groups excluding tert-OH is 4. The first-order valence-electron chi connectivity index (χ1n) is 17.7. The van der Waals surface area contributed by atoms with Crippen molar-refractivity contribution in [3.8, 4) is 5.75 Å². The van der Waals surface area contributed by atoms with Crippen molar-refractivity contribution in [3.63, 3.8) is 0 Å². The van der Waals surface area contributed by atoms with Gasteiger partial charge in [-0.3, -0.25) is 14.4 Å². The molecular weight excluding hydrogens is 638 g/mol. The van der Waals surface area contributed by atoms with E-state index in [1.807, 2.05) is 36.4 Å². The lowest BCUT2D eigenvalue weighted by atomic mass is 9.57. The highest BCUT2D eigenvalue weighted by atomic mass is 16.7. The van der Waals surface area contributed by atoms with Gasteiger partial charge in [0.15, 0.2) is 11.5 Å². The number of carbonyl (C=O) groups excluding carboxylic acids is 3. The highest BCUT2D eigenvalue weighted by molar-refractivity contribution is 6.09. The SMILES string of the molecule is CC(=O)C(C(=O)[C@@H](N)CO)(C1CCCCC1)C(N)C(O)C(O)C(C(=O)N(Oc1cccc2ccccc12)c1ccc2c(c1)C[C@H](O)C2)C(C)C. The normalized spacial score (nSPS) is 20.7. The molecule has 5 unspecified atom stereocenters. The third-order valence-corrected chi connectivity index (χ3v) is 10.9. The van der Waals surface area contributed by atoms with Gasteiger partial charge in [0.2, 0.25) is 0 Å². The van der Waals surface area contributed by atoms with E-state index >= 15 is 0 Å². The maximum atomic E-state index is 14.8. The van der Waals surface area contributed by atoms with Crippen molar-refractivity contribution in [1.29, 1.82) is 0 Å². The zero-order valence-electron chi connectivity index (χ0n) is 29.1. The molecule has 8 N–H and O–H groups in total. The van der Waals surface area contributed by atoms with Crippen molar-refractivity contribution in [1.82, 2.24) is 0 Å². The second-order valence-corrected chi connectivity index (χ2v) is 14.4. The van der Waals surface area contributed by atoms with Crippen molar-refractivity contribution in [2.75, 3.05) is 11.7 Å². The number of carbonyl (C=O) groups is 3. The van der Waals surface area contributed by atoms with Crippen LogP contribution in [0.15, 0.2) is 60.7 Å². The number of nitrogens with two attached hydrogens (primary N) is 2. The summed E-state index contributed by atoms with van der Waals surface area (Å²) in [5, 5.41) is 46.8. The molecule has 3 aromatic rings. The number of nitrogens with zero attached hydrogens (tertiary/aromatic N) is 1. The molecule has 0 radical (unpaired) electrons. The van der Waals surface area contributed by atoms with Gasteiger partial charge in [-0.15, -0.1) is 5.06 Å². The lowest BCUT2D eigenvalue weighted by molar-refractivity contribution is -0.156. The number of hydrogen-bond donors (Lipinski definition) is 6. The van der Waals surface area contributed by atoms with Crippen LogP contribution in [0.4, 0.5) is 5.69 Å². The molecular formula is C39H51N3O8. The lowest BCUT2D eigenvalue weighted by Crippen LogP contribution is -2.67. The van der Waals surface area contributed by atoms with Gasteiger partial charge in [-0.05, 0) is 79.2 Å². The summed E-state index contributed by atoms with van der Waals surface area (Å²) in [5.41, 5.74) is 13.0. The molecule has 11 heteroatoms. The van der Waals surface area contributed by atoms with Crippen molar-refractivity contribution in [3.05, 3.63) is 71.8 Å². The number of hydrogen-bond acceptors (Lipinski definition) is 10. The lowest BCUT2D eigenvalue weighted by Gasteiger charge is -2.47. The van der Waals surface area contributed by atoms with Crippen LogP contribution in [0.25, 0.3) is 10.8 Å². The molecule has 3 aromatic carbocycles. The number of hydroxylamine groups is 1. The number of amides is 1. The molecule has 1 amide bonds. The first-order valence-corrected chi connectivity index (χ1v) is 17.7. The fourth-order valence-corrected chi connectivity index (χ4v) is 8.24. The minimum atomic E-state index is -1.99. The molecule has 0 bridgehead atoms. The third-order valence-electron chi connectivity index (χ3n) is 10.9. The number of aliphatic hydroxyl groups is 4. The van der Waals surface area contributed by atoms with Crippen molar-refractivity contribution >= 4 is 33.9 Å². The summed E-state index contributed by atoms with van der Waals surface area (Å²) < 4.78 is 0. The molecule has 50 heavy (non-hydrogen) atoms. The molecule has 7 atom stereocenters. The van der Waals surface area contributed by atoms with E-state index in [0.717, 1.165) is 46.2 Å². The Labute approximate surface area is 293 Å². The zero-order valence-corrected chi connectivity index (χ0v) is 29.1. The van der Waals surface area contributed by atoms with Crippen LogP contribution in [0.2, 0.25) is 0 Å². The minimum Gasteiger partial charge on any atom is -0.394 e. The number of benzene rings is 3. The van der Waals surface area contributed by atoms with Crippen LogP contribution in [-0.2, 0) is 27.2 Å². The van der Waals surface area contributed by atoms with E-state index in [4.69, 9.17) is 16.3 Å². The van der Waals surface area contributed by atoms with Gasteiger partial charge in [-0.25, -0.2) is 0 Å². The highest BCUT2D eigenvalue weighted by Crippen LogP contribution is 2.45. The van der Waals surface area contributed by atoms with Gasteiger partial charge >= 0.3 is 0 Å². The molecule has 2 aliphatic rings. The van der Waals surface area contributed by atoms with Crippen molar-refractivity contribution < 1.29 is 39.6 Å². The first kappa shape index (κ1) is 37.5. The molecule has 1 saturated carbocycles. The fraction of sp³-hybridized carbons (Fsp3) is 0.513. The minimum absolute atomic E-state index is 0.358. The van der Waals surface area contributed by atoms with Crippen LogP contribution in [0.5, 0.6) is 5.75 Å². The van der Waals surface area contributed by atoms with E-state index in [9.17, 15) is 34.8 Å². The van der Waals surface area contributed by atoms with Crippen LogP contribution in [0, 0.1) is 23.2 Å². The summed E-state index contributed by atoms with van der Waals surface area (Å²) in [5.74, 6) is -4.17. The number of ketones is 2. The average molecular weight is 690 g/mol. The Hall–Kier alpha value is -3.71. The summed E-state index contributed by atoms with van der Waals surface area (Å²) in [6, 6.07) is 15.2. The van der Waals surface area contributed by atoms with Crippen molar-refractivity contribution in [2.24, 2.45) is 34.6 Å². The summed E-state index contributed by atoms with van der Waals surface area (Å²) in [4.78, 5) is 48.8. The maximum absolute atomic E-state index is 14.8. The molecule has 0 spiro atoms. The third kappa shape index (κ3) is 7.08. The summed E-state index contributed by atoms with van der Waals surface area (Å²) in [7, 11) is 0. The predicted molar refractivity (Wildman–Crippen MR) is 190 cm³/mol. The van der Waals surface area contributed by atoms with Gasteiger partial charge in [0, 0.05) is 5.39 Å². The fourth-order valence-electron chi connectivity index (χ4n) is 8.24. The summed E-state index contributed by atoms with van der Waals surface area (Å²) in [6.45, 7) is 3.93. The van der Waals surface area contributed by atoms with Crippen LogP contribution in [0.1, 0.15) is 64.0 Å². The van der Waals surface area contributed by atoms with E-state index in [1.54, 1.807) is 38.1 Å². The Bertz CT molecular complexity index is 1690. The zero-order chi connectivity index (χ0) is 36.3. The van der Waals surface area contributed by atoms with E-state index in [2.05, 4.69) is 0 Å². The van der Waals surface area contributed by atoms with Gasteiger partial charge in [0.05, 0.1) is 48.6 Å². The van der Waals surface area contributed by atoms with Gasteiger partial charge < -0.3 is 36.7 Å². The second kappa shape index (κ2) is 15.7. The average Bonchev–Trinajstić information content (AvgIpc) is 3.49. The van der Waals surface area contributed by atoms with Gasteiger partial charge in [-0.2, -0.15) is 0 Å². The Morgan fingerprint density at radius 1 is 0.920 bits per heavy atom. The molecule has 2 aliphatic carbocycles. The quantitative estimate of drug-likeness (QED) is 0.108. The highest BCUT2D eigenvalue weighted by Gasteiger charge is 2.58. The molecule has 270 valence electrons. The molecule has 0 aliphatic heterocycles. The van der Waals surface area contributed by atoms with Crippen LogP contribution < -0.4 is 21.4 Å². The summed E-state index contributed by atoms with van der Waals surface area (Å²) >= 11 is 0. The van der Waals surface area contributed by atoms with Crippen molar-refractivity contribution in [2.45, 2.75) is 96.1 Å². The number of rotatable bonds is 14. The standard InChI is InChI=1S/C39H51N3O8/c1-22(2)33(34(46)35(47)36(41)39(23(3)44,37(48)31(40)21-43)27-12-5-4-6-13-27)38(49)42(28-17-16-25-19-29(45)20-26(25)18-28)50-32-15-9-11-24-10-7-8-14-30(24)32/h7-11,14-18,22,27,29,31,33-36,43,45-47H,4-6,12-13,19-21,40-41H2,1-3H3/t29-,31+,33?,34?,35?,36?,39?/m1/s1. The van der Waals surface area contributed by atoms with Gasteiger partial charge in [0.25, 0.3) is 5.91 Å².